The van der Waals surface area contributed by atoms with Crippen molar-refractivity contribution in [2.24, 2.45) is 0 Å². The van der Waals surface area contributed by atoms with Gasteiger partial charge in [0.2, 0.25) is 0 Å². The standard InChI is InChI=1S/C20H27N/c1-11-9-12(2)16(6)19(15(11)5)21-20-17(7)13(3)10-14(4)18(20)8/h9-10,21H,1-8H3. The maximum absolute atomic E-state index is 3.74. The molecule has 1 nitrogen and oxygen atoms in total. The maximum atomic E-state index is 3.74. The molecule has 0 radical (unpaired) electrons. The van der Waals surface area contributed by atoms with Crippen LogP contribution in [0, 0.1) is 55.4 Å². The highest BCUT2D eigenvalue weighted by Gasteiger charge is 2.13. The largest absolute Gasteiger partial charge is 0.355 e. The monoisotopic (exact) mass is 281 g/mol. The van der Waals surface area contributed by atoms with Crippen LogP contribution < -0.4 is 5.32 Å². The van der Waals surface area contributed by atoms with Crippen LogP contribution in [0.5, 0.6) is 0 Å². The Morgan fingerprint density at radius 3 is 0.952 bits per heavy atom. The zero-order valence-electron chi connectivity index (χ0n) is 14.7. The molecule has 1 heteroatoms. The summed E-state index contributed by atoms with van der Waals surface area (Å²) in [6, 6.07) is 4.55. The van der Waals surface area contributed by atoms with Crippen molar-refractivity contribution in [3.05, 3.63) is 56.6 Å². The summed E-state index contributed by atoms with van der Waals surface area (Å²) >= 11 is 0. The number of aryl methyl sites for hydroxylation is 4. The fourth-order valence-corrected chi connectivity index (χ4v) is 2.93. The number of anilines is 2. The SMILES string of the molecule is Cc1cc(C)c(C)c(Nc2c(C)c(C)cc(C)c2C)c1C. The first-order chi connectivity index (χ1) is 9.73. The average Bonchev–Trinajstić information content (AvgIpc) is 2.42. The number of hydrogen-bond acceptors (Lipinski definition) is 1. The molecule has 2 aromatic carbocycles. The van der Waals surface area contributed by atoms with Gasteiger partial charge in [-0.1, -0.05) is 12.1 Å². The predicted octanol–water partition coefficient (Wildman–Crippen LogP) is 5.90. The summed E-state index contributed by atoms with van der Waals surface area (Å²) in [7, 11) is 0. The molecular weight excluding hydrogens is 254 g/mol. The second-order valence-corrected chi connectivity index (χ2v) is 6.40. The van der Waals surface area contributed by atoms with Gasteiger partial charge in [0.05, 0.1) is 0 Å². The van der Waals surface area contributed by atoms with Gasteiger partial charge in [-0.2, -0.15) is 0 Å². The Morgan fingerprint density at radius 2 is 0.714 bits per heavy atom. The fourth-order valence-electron chi connectivity index (χ4n) is 2.93. The van der Waals surface area contributed by atoms with Crippen LogP contribution in [0.15, 0.2) is 12.1 Å². The minimum Gasteiger partial charge on any atom is -0.355 e. The van der Waals surface area contributed by atoms with Crippen LogP contribution in [0.25, 0.3) is 0 Å². The van der Waals surface area contributed by atoms with Crippen molar-refractivity contribution >= 4 is 11.4 Å². The molecule has 2 rings (SSSR count). The molecule has 0 fully saturated rings. The summed E-state index contributed by atoms with van der Waals surface area (Å²) in [5.41, 5.74) is 13.3. The van der Waals surface area contributed by atoms with Crippen molar-refractivity contribution in [3.8, 4) is 0 Å². The molecule has 0 aromatic heterocycles. The van der Waals surface area contributed by atoms with E-state index in [2.05, 4.69) is 72.8 Å². The predicted molar refractivity (Wildman–Crippen MR) is 94.1 cm³/mol. The van der Waals surface area contributed by atoms with Crippen molar-refractivity contribution in [1.82, 2.24) is 0 Å². The van der Waals surface area contributed by atoms with Gasteiger partial charge >= 0.3 is 0 Å². The van der Waals surface area contributed by atoms with Crippen LogP contribution in [0.1, 0.15) is 44.5 Å². The Bertz CT molecular complexity index is 595. The lowest BCUT2D eigenvalue weighted by Gasteiger charge is -2.21. The molecule has 0 bridgehead atoms. The van der Waals surface area contributed by atoms with E-state index < -0.39 is 0 Å². The highest BCUT2D eigenvalue weighted by atomic mass is 14.9. The first-order valence-corrected chi connectivity index (χ1v) is 7.65. The molecular formula is C20H27N. The number of nitrogens with one attached hydrogen (secondary N) is 1. The van der Waals surface area contributed by atoms with Crippen molar-refractivity contribution in [2.75, 3.05) is 5.32 Å². The molecule has 1 N–H and O–H groups in total. The molecule has 112 valence electrons. The third kappa shape index (κ3) is 2.70. The first-order valence-electron chi connectivity index (χ1n) is 7.65. The minimum absolute atomic E-state index is 1.27. The van der Waals surface area contributed by atoms with E-state index in [1.54, 1.807) is 0 Å². The van der Waals surface area contributed by atoms with E-state index in [1.807, 2.05) is 0 Å². The topological polar surface area (TPSA) is 12.0 Å². The quantitative estimate of drug-likeness (QED) is 0.723. The zero-order chi connectivity index (χ0) is 15.9. The summed E-state index contributed by atoms with van der Waals surface area (Å²) < 4.78 is 0. The van der Waals surface area contributed by atoms with Crippen molar-refractivity contribution in [2.45, 2.75) is 55.4 Å². The lowest BCUT2D eigenvalue weighted by Crippen LogP contribution is -2.05. The summed E-state index contributed by atoms with van der Waals surface area (Å²) in [4.78, 5) is 0. The van der Waals surface area contributed by atoms with E-state index in [0.29, 0.717) is 0 Å². The normalized spacial score (nSPS) is 10.9. The van der Waals surface area contributed by atoms with Gasteiger partial charge in [0.25, 0.3) is 0 Å². The van der Waals surface area contributed by atoms with Crippen LogP contribution in [-0.4, -0.2) is 0 Å². The fraction of sp³-hybridized carbons (Fsp3) is 0.400. The molecule has 0 atom stereocenters. The highest BCUT2D eigenvalue weighted by molar-refractivity contribution is 5.74. The van der Waals surface area contributed by atoms with E-state index in [0.717, 1.165) is 0 Å². The summed E-state index contributed by atoms with van der Waals surface area (Å²) in [5, 5.41) is 3.74. The smallest absolute Gasteiger partial charge is 0.0449 e. The Labute approximate surface area is 129 Å². The van der Waals surface area contributed by atoms with Gasteiger partial charge in [-0.25, -0.2) is 0 Å². The molecule has 0 aliphatic heterocycles. The Kier molecular flexibility index (Phi) is 4.13. The molecule has 0 saturated carbocycles. The minimum atomic E-state index is 1.27. The Hall–Kier alpha value is -1.76. The van der Waals surface area contributed by atoms with Gasteiger partial charge in [0.1, 0.15) is 0 Å². The maximum Gasteiger partial charge on any atom is 0.0449 e. The number of hydrogen-bond donors (Lipinski definition) is 1. The number of rotatable bonds is 2. The third-order valence-electron chi connectivity index (χ3n) is 4.98. The zero-order valence-corrected chi connectivity index (χ0v) is 14.7. The molecule has 0 aliphatic carbocycles. The molecule has 0 saturated heterocycles. The lowest BCUT2D eigenvalue weighted by molar-refractivity contribution is 1.21. The second-order valence-electron chi connectivity index (χ2n) is 6.40. The van der Waals surface area contributed by atoms with E-state index in [9.17, 15) is 0 Å². The Morgan fingerprint density at radius 1 is 0.476 bits per heavy atom. The molecule has 0 aliphatic rings. The van der Waals surface area contributed by atoms with E-state index in [1.165, 1.54) is 55.9 Å². The summed E-state index contributed by atoms with van der Waals surface area (Å²) in [5.74, 6) is 0. The van der Waals surface area contributed by atoms with Crippen molar-refractivity contribution in [3.63, 3.8) is 0 Å². The third-order valence-corrected chi connectivity index (χ3v) is 4.98. The van der Waals surface area contributed by atoms with Crippen molar-refractivity contribution in [1.29, 1.82) is 0 Å². The van der Waals surface area contributed by atoms with E-state index >= 15 is 0 Å². The average molecular weight is 281 g/mol. The molecule has 0 amide bonds. The van der Waals surface area contributed by atoms with Crippen LogP contribution in [0.3, 0.4) is 0 Å². The van der Waals surface area contributed by atoms with Gasteiger partial charge in [-0.05, 0) is 99.9 Å². The van der Waals surface area contributed by atoms with Crippen LogP contribution in [-0.2, 0) is 0 Å². The van der Waals surface area contributed by atoms with Gasteiger partial charge < -0.3 is 5.32 Å². The van der Waals surface area contributed by atoms with Gasteiger partial charge in [-0.3, -0.25) is 0 Å². The number of benzene rings is 2. The van der Waals surface area contributed by atoms with Gasteiger partial charge in [-0.15, -0.1) is 0 Å². The van der Waals surface area contributed by atoms with Crippen LogP contribution in [0.2, 0.25) is 0 Å². The van der Waals surface area contributed by atoms with Gasteiger partial charge in [0, 0.05) is 11.4 Å². The molecule has 21 heavy (non-hydrogen) atoms. The highest BCUT2D eigenvalue weighted by Crippen LogP contribution is 2.34. The van der Waals surface area contributed by atoms with Crippen molar-refractivity contribution < 1.29 is 0 Å². The summed E-state index contributed by atoms with van der Waals surface area (Å²) in [6.07, 6.45) is 0. The second kappa shape index (κ2) is 5.55. The van der Waals surface area contributed by atoms with E-state index in [-0.39, 0.29) is 0 Å². The Balaban J connectivity index is 2.64. The molecule has 0 unspecified atom stereocenters. The molecule has 0 heterocycles. The lowest BCUT2D eigenvalue weighted by atomic mass is 9.95. The van der Waals surface area contributed by atoms with Crippen LogP contribution in [0.4, 0.5) is 11.4 Å². The van der Waals surface area contributed by atoms with Gasteiger partial charge in [0.15, 0.2) is 0 Å². The summed E-state index contributed by atoms with van der Waals surface area (Å²) in [6.45, 7) is 17.6. The molecule has 0 spiro atoms. The molecule has 2 aromatic rings. The first kappa shape index (κ1) is 15.6. The van der Waals surface area contributed by atoms with E-state index in [4.69, 9.17) is 0 Å². The van der Waals surface area contributed by atoms with Crippen LogP contribution >= 0.6 is 0 Å².